The number of rotatable bonds is 10. The van der Waals surface area contributed by atoms with E-state index in [1.54, 1.807) is 31.9 Å². The van der Waals surface area contributed by atoms with Gasteiger partial charge in [0.05, 0.1) is 17.6 Å². The Morgan fingerprint density at radius 1 is 1.18 bits per heavy atom. The van der Waals surface area contributed by atoms with Gasteiger partial charge in [-0.1, -0.05) is 18.7 Å². The second-order valence-corrected chi connectivity index (χ2v) is 9.86. The molecule has 208 valence electrons. The van der Waals surface area contributed by atoms with Crippen molar-refractivity contribution in [2.75, 3.05) is 12.4 Å². The minimum Gasteiger partial charge on any atom is -0.465 e. The molecule has 40 heavy (non-hydrogen) atoms. The molecule has 0 radical (unpaired) electrons. The molecule has 3 heterocycles. The summed E-state index contributed by atoms with van der Waals surface area (Å²) >= 11 is 0. The van der Waals surface area contributed by atoms with Gasteiger partial charge < -0.3 is 34.9 Å². The number of carbonyl (C=O) groups is 2. The fourth-order valence-electron chi connectivity index (χ4n) is 5.21. The normalized spacial score (nSPS) is 16.9. The van der Waals surface area contributed by atoms with Crippen molar-refractivity contribution in [3.8, 4) is 5.69 Å². The molecular weight excluding hydrogens is 510 g/mol. The zero-order valence-corrected chi connectivity index (χ0v) is 22.3. The fourth-order valence-corrected chi connectivity index (χ4v) is 5.21. The third-order valence-corrected chi connectivity index (χ3v) is 7.26. The van der Waals surface area contributed by atoms with Crippen molar-refractivity contribution in [1.29, 1.82) is 0 Å². The van der Waals surface area contributed by atoms with Crippen LogP contribution in [0.3, 0.4) is 0 Å². The number of hydrogen-bond donors (Lipinski definition) is 4. The number of anilines is 1. The quantitative estimate of drug-likeness (QED) is 0.233. The Kier molecular flexibility index (Phi) is 8.11. The monoisotopic (exact) mass is 543 g/mol. The molecule has 0 unspecified atom stereocenters. The molecule has 1 aliphatic carbocycles. The van der Waals surface area contributed by atoms with Gasteiger partial charge in [-0.3, -0.25) is 4.79 Å². The highest BCUT2D eigenvalue weighted by Gasteiger charge is 2.26. The second kappa shape index (κ2) is 12.0. The van der Waals surface area contributed by atoms with Crippen molar-refractivity contribution >= 4 is 34.8 Å². The third-order valence-electron chi connectivity index (χ3n) is 7.26. The highest BCUT2D eigenvalue weighted by atomic mass is 16.5. The predicted octanol–water partition coefficient (Wildman–Crippen LogP) is 4.39. The van der Waals surface area contributed by atoms with Gasteiger partial charge in [-0.2, -0.15) is 0 Å². The summed E-state index contributed by atoms with van der Waals surface area (Å²) in [7, 11) is 1.62. The molecule has 1 aromatic carbocycles. The van der Waals surface area contributed by atoms with Gasteiger partial charge in [-0.05, 0) is 55.5 Å². The number of nitrogens with zero attached hydrogens (tertiary/aromatic N) is 4. The summed E-state index contributed by atoms with van der Waals surface area (Å²) in [6.07, 6.45) is 10.7. The zero-order valence-electron chi connectivity index (χ0n) is 22.3. The molecule has 0 bridgehead atoms. The fraction of sp³-hybridized carbons (Fsp3) is 0.310. The number of amides is 2. The molecule has 0 spiro atoms. The highest BCUT2D eigenvalue weighted by Crippen LogP contribution is 2.32. The molecule has 0 saturated heterocycles. The minimum atomic E-state index is -1.00. The summed E-state index contributed by atoms with van der Waals surface area (Å²) in [5.74, 6) is -0.239. The molecule has 0 aliphatic heterocycles. The number of methoxy groups -OCH3 is 1. The second-order valence-electron chi connectivity index (χ2n) is 9.86. The molecule has 4 N–H and O–H groups in total. The first-order valence-electron chi connectivity index (χ1n) is 13.2. The van der Waals surface area contributed by atoms with Crippen molar-refractivity contribution in [1.82, 2.24) is 29.7 Å². The third kappa shape index (κ3) is 5.84. The smallest absolute Gasteiger partial charge is 0.404 e. The first kappa shape index (κ1) is 26.9. The Bertz CT molecular complexity index is 1490. The number of hydrogen-bond acceptors (Lipinski definition) is 6. The maximum absolute atomic E-state index is 13.5. The van der Waals surface area contributed by atoms with Crippen LogP contribution in [0.4, 0.5) is 10.5 Å². The minimum absolute atomic E-state index is 0.0638. The molecule has 5 rings (SSSR count). The van der Waals surface area contributed by atoms with E-state index in [1.807, 2.05) is 45.7 Å². The summed E-state index contributed by atoms with van der Waals surface area (Å²) in [6, 6.07) is 9.88. The summed E-state index contributed by atoms with van der Waals surface area (Å²) in [6.45, 7) is 4.58. The van der Waals surface area contributed by atoms with Gasteiger partial charge in [0.15, 0.2) is 0 Å². The summed E-state index contributed by atoms with van der Waals surface area (Å²) in [4.78, 5) is 33.3. The Labute approximate surface area is 231 Å². The standard InChI is InChI=1S/C29H33N7O4/c1-3-22-14-24-26(33-20-6-8-21(9-7-20)34-29(38)39)25(16-31-27(24)36(22)18-40-2)28(37)32-15-19-4-10-23(11-5-19)35-13-12-30-17-35/h3-5,10-14,16-17,20-21,34H,1,6-9,15,18H2,2H3,(H,31,33)(H,32,37)(H,38,39). The number of imidazole rings is 1. The van der Waals surface area contributed by atoms with E-state index in [4.69, 9.17) is 9.84 Å². The molecule has 11 heteroatoms. The van der Waals surface area contributed by atoms with Gasteiger partial charge in [0.25, 0.3) is 5.91 Å². The van der Waals surface area contributed by atoms with Crippen molar-refractivity contribution in [2.24, 2.45) is 0 Å². The SMILES string of the molecule is C=Cc1cc2c(NC3CCC(NC(=O)O)CC3)c(C(=O)NCc3ccc(-n4ccnc4)cc3)cnc2n1COC. The molecular formula is C29H33N7O4. The number of fused-ring (bicyclic) bond motifs is 1. The van der Waals surface area contributed by atoms with E-state index >= 15 is 0 Å². The summed E-state index contributed by atoms with van der Waals surface area (Å²) in [5.41, 5.74) is 4.61. The lowest BCUT2D eigenvalue weighted by Gasteiger charge is -2.30. The number of pyridine rings is 1. The zero-order chi connectivity index (χ0) is 28.1. The lowest BCUT2D eigenvalue weighted by atomic mass is 9.91. The molecule has 1 saturated carbocycles. The van der Waals surface area contributed by atoms with E-state index in [0.717, 1.165) is 48.0 Å². The molecule has 3 aromatic heterocycles. The Balaban J connectivity index is 1.38. The maximum Gasteiger partial charge on any atom is 0.404 e. The molecule has 2 amide bonds. The molecule has 0 atom stereocenters. The number of aromatic nitrogens is 4. The Morgan fingerprint density at radius 2 is 1.93 bits per heavy atom. The van der Waals surface area contributed by atoms with Gasteiger partial charge in [0, 0.05) is 61.1 Å². The van der Waals surface area contributed by atoms with E-state index in [-0.39, 0.29) is 18.0 Å². The van der Waals surface area contributed by atoms with Crippen LogP contribution in [-0.2, 0) is 18.0 Å². The number of ether oxygens (including phenoxy) is 1. The first-order valence-corrected chi connectivity index (χ1v) is 13.2. The summed E-state index contributed by atoms with van der Waals surface area (Å²) < 4.78 is 9.21. The number of carboxylic acid groups (broad SMARTS) is 1. The van der Waals surface area contributed by atoms with Gasteiger partial charge in [0.2, 0.25) is 0 Å². The number of nitrogens with one attached hydrogen (secondary N) is 3. The van der Waals surface area contributed by atoms with Crippen LogP contribution in [0.15, 0.2) is 61.8 Å². The van der Waals surface area contributed by atoms with Gasteiger partial charge >= 0.3 is 6.09 Å². The van der Waals surface area contributed by atoms with E-state index in [9.17, 15) is 9.59 Å². The predicted molar refractivity (Wildman–Crippen MR) is 152 cm³/mol. The molecule has 1 aliphatic rings. The lowest BCUT2D eigenvalue weighted by Crippen LogP contribution is -2.39. The van der Waals surface area contributed by atoms with Crippen molar-refractivity contribution in [3.05, 3.63) is 78.6 Å². The van der Waals surface area contributed by atoms with Crippen LogP contribution in [0, 0.1) is 0 Å². The maximum atomic E-state index is 13.5. The first-order chi connectivity index (χ1) is 19.5. The molecule has 1 fully saturated rings. The van der Waals surface area contributed by atoms with E-state index in [2.05, 4.69) is 32.5 Å². The van der Waals surface area contributed by atoms with Gasteiger partial charge in [-0.25, -0.2) is 14.8 Å². The van der Waals surface area contributed by atoms with Crippen LogP contribution in [0.5, 0.6) is 0 Å². The number of benzene rings is 1. The molecule has 4 aromatic rings. The number of carbonyl (C=O) groups excluding carboxylic acids is 1. The topological polar surface area (TPSA) is 135 Å². The average Bonchev–Trinajstić information content (AvgIpc) is 3.62. The Morgan fingerprint density at radius 3 is 2.58 bits per heavy atom. The Hall–Kier alpha value is -4.64. The van der Waals surface area contributed by atoms with Crippen molar-refractivity contribution < 1.29 is 19.4 Å². The van der Waals surface area contributed by atoms with Crippen LogP contribution in [0.2, 0.25) is 0 Å². The molecule has 11 nitrogen and oxygen atoms in total. The van der Waals surface area contributed by atoms with Crippen LogP contribution in [0.25, 0.3) is 22.8 Å². The largest absolute Gasteiger partial charge is 0.465 e. The van der Waals surface area contributed by atoms with Crippen molar-refractivity contribution in [2.45, 2.75) is 51.0 Å². The van der Waals surface area contributed by atoms with E-state index < -0.39 is 6.09 Å². The lowest BCUT2D eigenvalue weighted by molar-refractivity contribution is 0.0951. The summed E-state index contributed by atoms with van der Waals surface area (Å²) in [5, 5.41) is 19.1. The van der Waals surface area contributed by atoms with Gasteiger partial charge in [-0.15, -0.1) is 0 Å². The van der Waals surface area contributed by atoms with E-state index in [1.165, 1.54) is 0 Å². The van der Waals surface area contributed by atoms with Crippen LogP contribution in [0.1, 0.15) is 47.3 Å². The van der Waals surface area contributed by atoms with Crippen LogP contribution >= 0.6 is 0 Å². The average molecular weight is 544 g/mol. The van der Waals surface area contributed by atoms with E-state index in [0.29, 0.717) is 30.2 Å². The van der Waals surface area contributed by atoms with Crippen LogP contribution in [-0.4, -0.2) is 55.4 Å². The van der Waals surface area contributed by atoms with Gasteiger partial charge in [0.1, 0.15) is 12.4 Å². The highest BCUT2D eigenvalue weighted by molar-refractivity contribution is 6.07. The van der Waals surface area contributed by atoms with Crippen LogP contribution < -0.4 is 16.0 Å². The van der Waals surface area contributed by atoms with Crippen molar-refractivity contribution in [3.63, 3.8) is 0 Å².